The minimum atomic E-state index is -5.07. The molecule has 3 aromatic carbocycles. The van der Waals surface area contributed by atoms with Gasteiger partial charge in [-0.25, -0.2) is 13.2 Å². The van der Waals surface area contributed by atoms with Crippen LogP contribution in [-0.4, -0.2) is 67.5 Å². The van der Waals surface area contributed by atoms with Crippen LogP contribution in [0.25, 0.3) is 0 Å². The van der Waals surface area contributed by atoms with Crippen LogP contribution in [0, 0.1) is 11.8 Å². The smallest absolute Gasteiger partial charge is 0.747 e. The van der Waals surface area contributed by atoms with E-state index in [1.165, 1.54) is 7.11 Å². The molecule has 14 heteroatoms. The monoisotopic (exact) mass is 659 g/mol. The Morgan fingerprint density at radius 2 is 1.48 bits per heavy atom. The summed E-state index contributed by atoms with van der Waals surface area (Å²) >= 11 is 0. The van der Waals surface area contributed by atoms with E-state index in [1.54, 1.807) is 80.9 Å². The van der Waals surface area contributed by atoms with Crippen LogP contribution in [0.2, 0.25) is 0 Å². The molecule has 1 saturated heterocycles. The summed E-state index contributed by atoms with van der Waals surface area (Å²) in [5, 5.41) is 10.2. The molecule has 236 valence electrons. The Labute approximate surface area is 288 Å². The Bertz CT molecular complexity index is 1700. The summed E-state index contributed by atoms with van der Waals surface area (Å²) in [4.78, 5) is 40.8. The van der Waals surface area contributed by atoms with Gasteiger partial charge in [0.25, 0.3) is 11.8 Å². The number of nitrogens with zero attached hydrogens (tertiary/aromatic N) is 1. The van der Waals surface area contributed by atoms with E-state index in [4.69, 9.17) is 19.0 Å². The number of methoxy groups -OCH3 is 3. The Morgan fingerprint density at radius 1 is 0.935 bits per heavy atom. The molecule has 4 rings (SSSR count). The zero-order valence-corrected chi connectivity index (χ0v) is 28.5. The molecule has 0 bridgehead atoms. The minimum Gasteiger partial charge on any atom is -0.747 e. The fraction of sp³-hybridized carbons (Fsp3) is 0.281. The van der Waals surface area contributed by atoms with Crippen LogP contribution in [0.4, 0.5) is 0 Å². The molecular weight excluding hydrogens is 629 g/mol. The topological polar surface area (TPSA) is 169 Å². The third-order valence-corrected chi connectivity index (χ3v) is 8.21. The molecule has 3 aromatic rings. The first kappa shape index (κ1) is 36.6. The Hall–Kier alpha value is -3.90. The Morgan fingerprint density at radius 3 is 1.96 bits per heavy atom. The summed E-state index contributed by atoms with van der Waals surface area (Å²) < 4.78 is 49.5. The van der Waals surface area contributed by atoms with Gasteiger partial charge < -0.3 is 28.7 Å². The summed E-state index contributed by atoms with van der Waals surface area (Å²) in [5.74, 6) is 4.19. The van der Waals surface area contributed by atoms with Gasteiger partial charge in [-0.1, -0.05) is 42.2 Å². The van der Waals surface area contributed by atoms with Gasteiger partial charge >= 0.3 is 35.5 Å². The molecule has 0 aromatic heterocycles. The number of ether oxygens (including phenoxy) is 3. The number of hydroxylamine groups is 2. The van der Waals surface area contributed by atoms with E-state index >= 15 is 0 Å². The molecule has 1 heterocycles. The van der Waals surface area contributed by atoms with Crippen molar-refractivity contribution in [2.75, 3.05) is 21.3 Å². The van der Waals surface area contributed by atoms with Gasteiger partial charge in [0, 0.05) is 12.8 Å². The fourth-order valence-electron chi connectivity index (χ4n) is 4.73. The molecule has 1 unspecified atom stereocenters. The molecule has 1 fully saturated rings. The molecule has 2 amide bonds. The summed E-state index contributed by atoms with van der Waals surface area (Å²) in [6, 6.07) is 19.2. The van der Waals surface area contributed by atoms with Crippen LogP contribution in [0.15, 0.2) is 66.7 Å². The average Bonchev–Trinajstić information content (AvgIpc) is 3.33. The third-order valence-electron chi connectivity index (χ3n) is 7.14. The minimum absolute atomic E-state index is 0. The van der Waals surface area contributed by atoms with Gasteiger partial charge in [0.2, 0.25) is 0 Å². The second-order valence-electron chi connectivity index (χ2n) is 9.91. The molecule has 0 aliphatic carbocycles. The second kappa shape index (κ2) is 15.6. The molecule has 1 atom stereocenters. The number of amides is 2. The van der Waals surface area contributed by atoms with Crippen molar-refractivity contribution in [3.8, 4) is 29.1 Å². The molecular formula is C32H30NNaO11S. The first-order valence-electron chi connectivity index (χ1n) is 13.6. The van der Waals surface area contributed by atoms with E-state index in [2.05, 4.69) is 11.8 Å². The quantitative estimate of drug-likeness (QED) is 0.0714. The van der Waals surface area contributed by atoms with Crippen molar-refractivity contribution < 1.29 is 81.1 Å². The normalized spacial score (nSPS) is 14.5. The number of hydrogen-bond donors (Lipinski definition) is 1. The number of carbonyl (C=O) groups is 3. The summed E-state index contributed by atoms with van der Waals surface area (Å²) in [6.07, 6.45) is -0.749. The van der Waals surface area contributed by atoms with Crippen LogP contribution in [-0.2, 0) is 34.9 Å². The predicted octanol–water partition coefficient (Wildman–Crippen LogP) is -0.347. The van der Waals surface area contributed by atoms with E-state index in [9.17, 15) is 32.5 Å². The number of hydrogen-bond acceptors (Lipinski definition) is 11. The summed E-state index contributed by atoms with van der Waals surface area (Å²) in [5.41, 5.74) is 0.524. The first-order valence-corrected chi connectivity index (χ1v) is 15.1. The molecule has 1 N–H and O–H groups in total. The van der Waals surface area contributed by atoms with E-state index in [0.29, 0.717) is 39.5 Å². The maximum absolute atomic E-state index is 12.3. The zero-order valence-electron chi connectivity index (χ0n) is 25.6. The number of aliphatic hydroxyl groups is 1. The van der Waals surface area contributed by atoms with Crippen molar-refractivity contribution >= 4 is 27.9 Å². The number of imide groups is 1. The molecule has 1 aliphatic heterocycles. The van der Waals surface area contributed by atoms with Crippen LogP contribution >= 0.6 is 0 Å². The van der Waals surface area contributed by atoms with Crippen molar-refractivity contribution in [3.63, 3.8) is 0 Å². The first-order chi connectivity index (χ1) is 21.4. The van der Waals surface area contributed by atoms with E-state index < -0.39 is 45.2 Å². The average molecular weight is 660 g/mol. The molecule has 0 spiro atoms. The van der Waals surface area contributed by atoms with Gasteiger partial charge in [0.05, 0.1) is 33.3 Å². The largest absolute Gasteiger partial charge is 1.00 e. The maximum Gasteiger partial charge on any atom is 1.00 e. The van der Waals surface area contributed by atoms with Gasteiger partial charge in [0.15, 0.2) is 0 Å². The second-order valence-corrected chi connectivity index (χ2v) is 11.5. The van der Waals surface area contributed by atoms with Crippen molar-refractivity contribution in [2.24, 2.45) is 0 Å². The third kappa shape index (κ3) is 8.08. The summed E-state index contributed by atoms with van der Waals surface area (Å²) in [7, 11) is -0.477. The van der Waals surface area contributed by atoms with E-state index in [-0.39, 0.29) is 53.9 Å². The maximum atomic E-state index is 12.3. The number of rotatable bonds is 11. The van der Waals surface area contributed by atoms with Gasteiger partial charge in [-0.15, -0.1) is 5.06 Å². The molecule has 12 nitrogen and oxygen atoms in total. The number of benzene rings is 3. The number of unbranched alkanes of at least 4 members (excludes halogenated alkanes) is 1. The van der Waals surface area contributed by atoms with Crippen LogP contribution in [0.3, 0.4) is 0 Å². The van der Waals surface area contributed by atoms with Crippen LogP contribution < -0.4 is 43.8 Å². The molecule has 1 aliphatic rings. The Kier molecular flexibility index (Phi) is 12.4. The van der Waals surface area contributed by atoms with Crippen LogP contribution in [0.5, 0.6) is 17.2 Å². The molecule has 0 saturated carbocycles. The summed E-state index contributed by atoms with van der Waals surface area (Å²) in [6.45, 7) is 0. The predicted molar refractivity (Wildman–Crippen MR) is 158 cm³/mol. The SMILES string of the molecule is COc1ccc(C(O)(c2ccc(OC)cc2)c2ccc(OC)c(C#CCCCC(=O)ON3C(=O)CC(S(=O)(=O)[O-])C3=O)c2)cc1.[Na+]. The fourth-order valence-corrected chi connectivity index (χ4v) is 5.41. The van der Waals surface area contributed by atoms with Crippen LogP contribution in [0.1, 0.15) is 47.9 Å². The van der Waals surface area contributed by atoms with E-state index in [0.717, 1.165) is 0 Å². The van der Waals surface area contributed by atoms with Gasteiger partial charge in [-0.2, -0.15) is 0 Å². The van der Waals surface area contributed by atoms with Crippen molar-refractivity contribution in [3.05, 3.63) is 89.0 Å². The van der Waals surface area contributed by atoms with Gasteiger partial charge in [-0.3, -0.25) is 9.59 Å². The molecule has 0 radical (unpaired) electrons. The standard InChI is InChI=1S/C32H31NO11S.Na/c1-41-25-14-9-22(10-15-25)32(37,23-11-16-26(42-2)17-12-23)24-13-18-27(43-3)21(19-24)7-5-4-6-8-30(35)44-33-29(34)20-28(31(33)36)45(38,39)40;/h9-19,28,37H,4,6,8,20H2,1-3H3,(H,38,39,40);/q;+1/p-1. The van der Waals surface area contributed by atoms with Gasteiger partial charge in [0.1, 0.15) is 38.2 Å². The Balaban J connectivity index is 0.00000576. The number of carbonyl (C=O) groups excluding carboxylic acids is 3. The zero-order chi connectivity index (χ0) is 32.8. The van der Waals surface area contributed by atoms with Crippen molar-refractivity contribution in [2.45, 2.75) is 36.5 Å². The van der Waals surface area contributed by atoms with Crippen molar-refractivity contribution in [1.29, 1.82) is 0 Å². The van der Waals surface area contributed by atoms with E-state index in [1.807, 2.05) is 0 Å². The van der Waals surface area contributed by atoms with Gasteiger partial charge in [-0.05, 0) is 59.5 Å². The molecule has 46 heavy (non-hydrogen) atoms. The van der Waals surface area contributed by atoms with Crippen molar-refractivity contribution in [1.82, 2.24) is 5.06 Å².